The molecule has 0 aromatic heterocycles. The number of allylic oxidation sites excluding steroid dienone is 2. The zero-order chi connectivity index (χ0) is 18.7. The number of ether oxygens (including phenoxy) is 3. The van der Waals surface area contributed by atoms with Crippen molar-refractivity contribution in [1.29, 1.82) is 0 Å². The van der Waals surface area contributed by atoms with Crippen molar-refractivity contribution in [2.24, 2.45) is 0 Å². The lowest BCUT2D eigenvalue weighted by Gasteiger charge is -2.41. The average Bonchev–Trinajstić information content (AvgIpc) is 3.60. The van der Waals surface area contributed by atoms with Crippen LogP contribution in [0.2, 0.25) is 0 Å². The van der Waals surface area contributed by atoms with Gasteiger partial charge < -0.3 is 14.2 Å². The van der Waals surface area contributed by atoms with E-state index in [-0.39, 0.29) is 12.2 Å². The first kappa shape index (κ1) is 18.2. The summed E-state index contributed by atoms with van der Waals surface area (Å²) in [6, 6.07) is 20.7. The lowest BCUT2D eigenvalue weighted by molar-refractivity contribution is -0.139. The predicted octanol–water partition coefficient (Wildman–Crippen LogP) is 4.74. The summed E-state index contributed by atoms with van der Waals surface area (Å²) in [6.07, 6.45) is 8.33. The van der Waals surface area contributed by atoms with Crippen LogP contribution in [-0.4, -0.2) is 25.4 Å². The van der Waals surface area contributed by atoms with E-state index in [0.717, 1.165) is 11.1 Å². The summed E-state index contributed by atoms with van der Waals surface area (Å²) in [5.74, 6) is 0. The molecule has 0 amide bonds. The van der Waals surface area contributed by atoms with Gasteiger partial charge in [-0.2, -0.15) is 0 Å². The summed E-state index contributed by atoms with van der Waals surface area (Å²) < 4.78 is 18.7. The molecular formula is C24H26O3. The van der Waals surface area contributed by atoms with Crippen LogP contribution < -0.4 is 0 Å². The van der Waals surface area contributed by atoms with E-state index in [9.17, 15) is 0 Å². The third-order valence-electron chi connectivity index (χ3n) is 5.24. The maximum Gasteiger partial charge on any atom is 0.141 e. The molecule has 2 aromatic rings. The van der Waals surface area contributed by atoms with E-state index in [4.69, 9.17) is 14.2 Å². The van der Waals surface area contributed by atoms with Crippen LogP contribution in [0.3, 0.4) is 0 Å². The van der Waals surface area contributed by atoms with Crippen molar-refractivity contribution in [3.8, 4) is 0 Å². The second-order valence-corrected chi connectivity index (χ2v) is 7.06. The van der Waals surface area contributed by atoms with Gasteiger partial charge in [0.1, 0.15) is 23.4 Å². The van der Waals surface area contributed by atoms with Crippen molar-refractivity contribution in [2.75, 3.05) is 13.2 Å². The van der Waals surface area contributed by atoms with Crippen LogP contribution in [-0.2, 0) is 25.4 Å². The van der Waals surface area contributed by atoms with Crippen molar-refractivity contribution in [3.05, 3.63) is 96.1 Å². The van der Waals surface area contributed by atoms with Crippen LogP contribution in [0.25, 0.3) is 0 Å². The summed E-state index contributed by atoms with van der Waals surface area (Å²) in [4.78, 5) is 0. The van der Waals surface area contributed by atoms with Crippen LogP contribution in [0.4, 0.5) is 0 Å². The van der Waals surface area contributed by atoms with Gasteiger partial charge in [-0.15, -0.1) is 0 Å². The van der Waals surface area contributed by atoms with Gasteiger partial charge in [0.15, 0.2) is 0 Å². The first-order valence-electron chi connectivity index (χ1n) is 9.57. The van der Waals surface area contributed by atoms with Gasteiger partial charge in [-0.25, -0.2) is 0 Å². The van der Waals surface area contributed by atoms with Gasteiger partial charge in [-0.05, 0) is 37.1 Å². The third-order valence-corrected chi connectivity index (χ3v) is 5.24. The molecule has 2 heterocycles. The van der Waals surface area contributed by atoms with Crippen LogP contribution in [0.15, 0.2) is 85.0 Å². The quantitative estimate of drug-likeness (QED) is 0.502. The highest BCUT2D eigenvalue weighted by atomic mass is 16.6. The Morgan fingerprint density at radius 1 is 0.741 bits per heavy atom. The topological polar surface area (TPSA) is 34.3 Å². The highest BCUT2D eigenvalue weighted by molar-refractivity contribution is 5.36. The van der Waals surface area contributed by atoms with E-state index < -0.39 is 11.2 Å². The molecule has 4 atom stereocenters. The van der Waals surface area contributed by atoms with E-state index >= 15 is 0 Å². The van der Waals surface area contributed by atoms with Crippen molar-refractivity contribution < 1.29 is 14.2 Å². The average molecular weight is 362 g/mol. The first-order valence-corrected chi connectivity index (χ1v) is 9.57. The lowest BCUT2D eigenvalue weighted by atomic mass is 9.84. The molecule has 0 spiro atoms. The molecule has 2 aliphatic heterocycles. The van der Waals surface area contributed by atoms with E-state index in [1.165, 1.54) is 0 Å². The SMILES string of the molecule is CC=CC(OC(C=CC)(c1ccccc1)C1CO1)(c1ccccc1)C1CO1. The van der Waals surface area contributed by atoms with Crippen LogP contribution in [0, 0.1) is 0 Å². The summed E-state index contributed by atoms with van der Waals surface area (Å²) in [5.41, 5.74) is 0.848. The third kappa shape index (κ3) is 3.39. The molecule has 4 rings (SSSR count). The molecule has 140 valence electrons. The molecule has 4 unspecified atom stereocenters. The molecule has 0 radical (unpaired) electrons. The number of hydrogen-bond acceptors (Lipinski definition) is 3. The smallest absolute Gasteiger partial charge is 0.141 e. The molecule has 27 heavy (non-hydrogen) atoms. The second-order valence-electron chi connectivity index (χ2n) is 7.06. The molecular weight excluding hydrogens is 336 g/mol. The largest absolute Gasteiger partial charge is 0.369 e. The summed E-state index contributed by atoms with van der Waals surface area (Å²) in [5, 5.41) is 0. The number of benzene rings is 2. The predicted molar refractivity (Wildman–Crippen MR) is 106 cm³/mol. The summed E-state index contributed by atoms with van der Waals surface area (Å²) in [6.45, 7) is 5.42. The molecule has 2 aromatic carbocycles. The lowest BCUT2D eigenvalue weighted by Crippen LogP contribution is -2.46. The van der Waals surface area contributed by atoms with E-state index in [2.05, 4.69) is 36.4 Å². The normalized spacial score (nSPS) is 26.0. The fraction of sp³-hybridized carbons (Fsp3) is 0.333. The van der Waals surface area contributed by atoms with Crippen LogP contribution >= 0.6 is 0 Å². The highest BCUT2D eigenvalue weighted by Crippen LogP contribution is 2.49. The standard InChI is InChI=1S/C24H26O3/c1-3-15-23(21-17-25-21,19-11-7-5-8-12-19)27-24(16-4-2,22-18-26-22)20-13-9-6-10-14-20/h3-16,21-22H,17-18H2,1-2H3. The van der Waals surface area contributed by atoms with Crippen molar-refractivity contribution in [1.82, 2.24) is 0 Å². The van der Waals surface area contributed by atoms with Gasteiger partial charge in [0.25, 0.3) is 0 Å². The minimum Gasteiger partial charge on any atom is -0.369 e. The van der Waals surface area contributed by atoms with Gasteiger partial charge >= 0.3 is 0 Å². The number of rotatable bonds is 8. The maximum atomic E-state index is 7.10. The van der Waals surface area contributed by atoms with Gasteiger partial charge in [0, 0.05) is 0 Å². The van der Waals surface area contributed by atoms with Gasteiger partial charge in [0.2, 0.25) is 0 Å². The number of hydrogen-bond donors (Lipinski definition) is 0. The summed E-state index contributed by atoms with van der Waals surface area (Å²) >= 11 is 0. The van der Waals surface area contributed by atoms with Gasteiger partial charge in [-0.1, -0.05) is 72.8 Å². The molecule has 2 saturated heterocycles. The van der Waals surface area contributed by atoms with Crippen molar-refractivity contribution in [3.63, 3.8) is 0 Å². The Morgan fingerprint density at radius 3 is 1.41 bits per heavy atom. The molecule has 0 bridgehead atoms. The van der Waals surface area contributed by atoms with Crippen molar-refractivity contribution in [2.45, 2.75) is 37.3 Å². The maximum absolute atomic E-state index is 7.10. The Labute approximate surface area is 161 Å². The minimum absolute atomic E-state index is 0.0109. The number of epoxide rings is 2. The Bertz CT molecular complexity index is 737. The molecule has 0 aliphatic carbocycles. The van der Waals surface area contributed by atoms with Crippen molar-refractivity contribution >= 4 is 0 Å². The van der Waals surface area contributed by atoms with E-state index in [1.54, 1.807) is 0 Å². The monoisotopic (exact) mass is 362 g/mol. The molecule has 0 N–H and O–H groups in total. The van der Waals surface area contributed by atoms with Gasteiger partial charge in [0.05, 0.1) is 13.2 Å². The van der Waals surface area contributed by atoms with Crippen LogP contribution in [0.1, 0.15) is 25.0 Å². The Balaban J connectivity index is 1.87. The zero-order valence-electron chi connectivity index (χ0n) is 15.9. The minimum atomic E-state index is -0.669. The van der Waals surface area contributed by atoms with E-state index in [0.29, 0.717) is 13.2 Å². The molecule has 3 heteroatoms. The van der Waals surface area contributed by atoms with E-state index in [1.807, 2.05) is 62.4 Å². The van der Waals surface area contributed by atoms with Crippen LogP contribution in [0.5, 0.6) is 0 Å². The fourth-order valence-electron chi connectivity index (χ4n) is 3.86. The van der Waals surface area contributed by atoms with Gasteiger partial charge in [-0.3, -0.25) is 0 Å². The second kappa shape index (κ2) is 7.43. The molecule has 3 nitrogen and oxygen atoms in total. The Hall–Kier alpha value is -2.20. The Morgan fingerprint density at radius 2 is 1.11 bits per heavy atom. The molecule has 0 saturated carbocycles. The Kier molecular flexibility index (Phi) is 5.00. The zero-order valence-corrected chi connectivity index (χ0v) is 15.9. The first-order chi connectivity index (χ1) is 13.2. The summed E-state index contributed by atoms with van der Waals surface area (Å²) in [7, 11) is 0. The highest BCUT2D eigenvalue weighted by Gasteiger charge is 2.57. The molecule has 2 fully saturated rings. The molecule has 2 aliphatic rings. The fourth-order valence-corrected chi connectivity index (χ4v) is 3.86.